The van der Waals surface area contributed by atoms with Gasteiger partial charge in [-0.15, -0.1) is 0 Å². The van der Waals surface area contributed by atoms with Gasteiger partial charge in [0.1, 0.15) is 0 Å². The summed E-state index contributed by atoms with van der Waals surface area (Å²) in [6.45, 7) is 0. The van der Waals surface area contributed by atoms with Crippen LogP contribution >= 0.6 is 11.8 Å². The maximum Gasteiger partial charge on any atom is 0.309 e. The summed E-state index contributed by atoms with van der Waals surface area (Å²) in [5.74, 6) is 0.393. The molecule has 1 saturated carbocycles. The molecule has 0 aromatic carbocycles. The first-order chi connectivity index (χ1) is 5.21. The number of aliphatic carboxylic acids is 1. The van der Waals surface area contributed by atoms with Crippen molar-refractivity contribution in [2.45, 2.75) is 25.7 Å². The Morgan fingerprint density at radius 2 is 2.27 bits per heavy atom. The molecule has 0 radical (unpaired) electrons. The molecule has 0 atom stereocenters. The highest BCUT2D eigenvalue weighted by atomic mass is 32.2. The van der Waals surface area contributed by atoms with Crippen molar-refractivity contribution >= 4 is 17.7 Å². The Bertz CT molecular complexity index is 152. The number of carbonyl (C=O) groups is 1. The highest BCUT2D eigenvalue weighted by molar-refractivity contribution is 7.98. The van der Waals surface area contributed by atoms with Crippen LogP contribution < -0.4 is 0 Å². The highest BCUT2D eigenvalue weighted by Crippen LogP contribution is 2.44. The molecule has 0 unspecified atom stereocenters. The molecule has 0 aliphatic heterocycles. The number of thioether (sulfide) groups is 1. The first-order valence-electron chi connectivity index (χ1n) is 3.94. The van der Waals surface area contributed by atoms with E-state index in [0.717, 1.165) is 31.4 Å². The molecule has 0 aromatic rings. The van der Waals surface area contributed by atoms with Gasteiger partial charge in [0.15, 0.2) is 0 Å². The maximum absolute atomic E-state index is 10.8. The molecule has 0 amide bonds. The molecular weight excluding hydrogens is 160 g/mol. The minimum absolute atomic E-state index is 0.330. The van der Waals surface area contributed by atoms with Crippen LogP contribution in [0.4, 0.5) is 0 Å². The number of hydrogen-bond donors (Lipinski definition) is 1. The average molecular weight is 174 g/mol. The normalized spacial score (nSPS) is 20.8. The average Bonchev–Trinajstić information content (AvgIpc) is 1.85. The van der Waals surface area contributed by atoms with Crippen molar-refractivity contribution in [3.8, 4) is 0 Å². The quantitative estimate of drug-likeness (QED) is 0.708. The molecule has 11 heavy (non-hydrogen) atoms. The molecule has 1 N–H and O–H groups in total. The van der Waals surface area contributed by atoms with Gasteiger partial charge in [-0.2, -0.15) is 11.8 Å². The summed E-state index contributed by atoms with van der Waals surface area (Å²) in [6.07, 6.45) is 5.75. The monoisotopic (exact) mass is 174 g/mol. The van der Waals surface area contributed by atoms with Gasteiger partial charge < -0.3 is 5.11 Å². The van der Waals surface area contributed by atoms with Crippen LogP contribution in [-0.4, -0.2) is 23.1 Å². The lowest BCUT2D eigenvalue weighted by Gasteiger charge is -2.37. The van der Waals surface area contributed by atoms with Crippen LogP contribution in [0, 0.1) is 5.41 Å². The number of rotatable bonds is 4. The zero-order valence-electron chi connectivity index (χ0n) is 6.80. The standard InChI is InChI=1S/C8H14O2S/c1-11-6-5-8(7(9)10)3-2-4-8/h2-6H2,1H3,(H,9,10). The topological polar surface area (TPSA) is 37.3 Å². The second-order valence-corrected chi connectivity index (χ2v) is 4.17. The van der Waals surface area contributed by atoms with Crippen molar-refractivity contribution in [2.75, 3.05) is 12.0 Å². The van der Waals surface area contributed by atoms with Gasteiger partial charge >= 0.3 is 5.97 Å². The van der Waals surface area contributed by atoms with Crippen LogP contribution in [0.2, 0.25) is 0 Å². The zero-order valence-corrected chi connectivity index (χ0v) is 7.62. The van der Waals surface area contributed by atoms with Crippen LogP contribution in [0.1, 0.15) is 25.7 Å². The Balaban J connectivity index is 2.40. The molecule has 0 bridgehead atoms. The lowest BCUT2D eigenvalue weighted by Crippen LogP contribution is -2.38. The van der Waals surface area contributed by atoms with Gasteiger partial charge in [0.25, 0.3) is 0 Å². The molecule has 1 aliphatic rings. The molecule has 0 spiro atoms. The van der Waals surface area contributed by atoms with Crippen molar-refractivity contribution in [1.82, 2.24) is 0 Å². The van der Waals surface area contributed by atoms with Crippen molar-refractivity contribution in [3.05, 3.63) is 0 Å². The smallest absolute Gasteiger partial charge is 0.309 e. The molecule has 64 valence electrons. The first-order valence-corrected chi connectivity index (χ1v) is 5.33. The van der Waals surface area contributed by atoms with E-state index >= 15 is 0 Å². The van der Waals surface area contributed by atoms with Gasteiger partial charge in [0, 0.05) is 0 Å². The van der Waals surface area contributed by atoms with E-state index in [4.69, 9.17) is 5.11 Å². The van der Waals surface area contributed by atoms with E-state index in [1.54, 1.807) is 11.8 Å². The zero-order chi connectivity index (χ0) is 8.32. The third kappa shape index (κ3) is 1.70. The third-order valence-electron chi connectivity index (χ3n) is 2.55. The van der Waals surface area contributed by atoms with E-state index in [2.05, 4.69) is 0 Å². The van der Waals surface area contributed by atoms with Gasteiger partial charge in [-0.3, -0.25) is 4.79 Å². The molecule has 1 fully saturated rings. The fourth-order valence-electron chi connectivity index (χ4n) is 1.47. The van der Waals surface area contributed by atoms with E-state index in [0.29, 0.717) is 0 Å². The summed E-state index contributed by atoms with van der Waals surface area (Å²) < 4.78 is 0. The van der Waals surface area contributed by atoms with Crippen LogP contribution in [0.15, 0.2) is 0 Å². The van der Waals surface area contributed by atoms with Crippen molar-refractivity contribution in [1.29, 1.82) is 0 Å². The molecule has 0 heterocycles. The summed E-state index contributed by atoms with van der Waals surface area (Å²) in [5.41, 5.74) is -0.330. The third-order valence-corrected chi connectivity index (χ3v) is 3.16. The fraction of sp³-hybridized carbons (Fsp3) is 0.875. The minimum Gasteiger partial charge on any atom is -0.481 e. The van der Waals surface area contributed by atoms with Gasteiger partial charge in [-0.1, -0.05) is 6.42 Å². The second-order valence-electron chi connectivity index (χ2n) is 3.18. The Kier molecular flexibility index (Phi) is 2.82. The van der Waals surface area contributed by atoms with Crippen molar-refractivity contribution < 1.29 is 9.90 Å². The number of hydrogen-bond acceptors (Lipinski definition) is 2. The number of carboxylic acids is 1. The SMILES string of the molecule is CSCCC1(C(=O)O)CCC1. The fourth-order valence-corrected chi connectivity index (χ4v) is 2.07. The van der Waals surface area contributed by atoms with E-state index in [9.17, 15) is 4.79 Å². The van der Waals surface area contributed by atoms with Gasteiger partial charge in [-0.25, -0.2) is 0 Å². The van der Waals surface area contributed by atoms with E-state index in [1.165, 1.54) is 0 Å². The summed E-state index contributed by atoms with van der Waals surface area (Å²) in [5, 5.41) is 8.90. The predicted molar refractivity (Wildman–Crippen MR) is 46.9 cm³/mol. The largest absolute Gasteiger partial charge is 0.481 e. The van der Waals surface area contributed by atoms with Gasteiger partial charge in [0.05, 0.1) is 5.41 Å². The molecule has 0 saturated heterocycles. The number of carboxylic acid groups (broad SMARTS) is 1. The first kappa shape index (κ1) is 8.91. The molecular formula is C8H14O2S. The lowest BCUT2D eigenvalue weighted by molar-refractivity contribution is -0.154. The molecule has 0 aromatic heterocycles. The summed E-state index contributed by atoms with van der Waals surface area (Å²) in [6, 6.07) is 0. The predicted octanol–water partition coefficient (Wildman–Crippen LogP) is 1.99. The van der Waals surface area contributed by atoms with E-state index in [-0.39, 0.29) is 5.41 Å². The Hall–Kier alpha value is -0.180. The van der Waals surface area contributed by atoms with Crippen LogP contribution in [0.3, 0.4) is 0 Å². The second kappa shape index (κ2) is 3.48. The molecule has 2 nitrogen and oxygen atoms in total. The van der Waals surface area contributed by atoms with E-state index < -0.39 is 5.97 Å². The summed E-state index contributed by atoms with van der Waals surface area (Å²) in [4.78, 5) is 10.8. The highest BCUT2D eigenvalue weighted by Gasteiger charge is 2.43. The van der Waals surface area contributed by atoms with Crippen LogP contribution in [0.25, 0.3) is 0 Å². The Morgan fingerprint density at radius 3 is 2.55 bits per heavy atom. The summed E-state index contributed by atoms with van der Waals surface area (Å²) in [7, 11) is 0. The van der Waals surface area contributed by atoms with E-state index in [1.807, 2.05) is 6.26 Å². The van der Waals surface area contributed by atoms with Crippen LogP contribution in [-0.2, 0) is 4.79 Å². The Morgan fingerprint density at radius 1 is 1.64 bits per heavy atom. The lowest BCUT2D eigenvalue weighted by atomic mass is 9.67. The molecule has 1 aliphatic carbocycles. The summed E-state index contributed by atoms with van der Waals surface area (Å²) >= 11 is 1.73. The van der Waals surface area contributed by atoms with Crippen LogP contribution in [0.5, 0.6) is 0 Å². The molecule has 1 rings (SSSR count). The minimum atomic E-state index is -0.585. The van der Waals surface area contributed by atoms with Gasteiger partial charge in [-0.05, 0) is 31.3 Å². The Labute approximate surface area is 71.4 Å². The van der Waals surface area contributed by atoms with Gasteiger partial charge in [0.2, 0.25) is 0 Å². The van der Waals surface area contributed by atoms with Crippen molar-refractivity contribution in [3.63, 3.8) is 0 Å². The maximum atomic E-state index is 10.8. The molecule has 3 heteroatoms. The van der Waals surface area contributed by atoms with Crippen molar-refractivity contribution in [2.24, 2.45) is 5.41 Å².